The van der Waals surface area contributed by atoms with Crippen LogP contribution in [0, 0.1) is 23.7 Å². The van der Waals surface area contributed by atoms with Crippen molar-refractivity contribution < 1.29 is 80.2 Å². The number of morpholine rings is 1. The molecular weight excluding hydrogens is 1420 g/mol. The lowest BCUT2D eigenvalue weighted by Gasteiger charge is -2.45. The smallest absolute Gasteiger partial charge is 0.378 e. The Hall–Kier alpha value is -7.63. The molecule has 1 spiro atoms. The van der Waals surface area contributed by atoms with E-state index < -0.39 is 172 Å². The summed E-state index contributed by atoms with van der Waals surface area (Å²) in [6.07, 6.45) is 2.92. The van der Waals surface area contributed by atoms with E-state index >= 15 is 38.4 Å². The monoisotopic (exact) mass is 1540 g/mol. The lowest BCUT2D eigenvalue weighted by molar-refractivity contribution is -0.160. The lowest BCUT2D eigenvalue weighted by atomic mass is 9.84. The summed E-state index contributed by atoms with van der Waals surface area (Å²) in [6.45, 7) is 9.81. The molecule has 7 fully saturated rings. The predicted octanol–water partition coefficient (Wildman–Crippen LogP) is 5.26. The van der Waals surface area contributed by atoms with Gasteiger partial charge in [-0.25, -0.2) is 0 Å². The van der Waals surface area contributed by atoms with Gasteiger partial charge in [0.15, 0.2) is 0 Å². The van der Waals surface area contributed by atoms with Gasteiger partial charge in [0.05, 0.1) is 36.8 Å². The molecule has 602 valence electrons. The molecule has 1 unspecified atom stereocenters. The van der Waals surface area contributed by atoms with Crippen molar-refractivity contribution >= 4 is 88.4 Å². The highest BCUT2D eigenvalue weighted by atomic mass is 35.5. The molecular formula is C77H117ClF3N13O14. The van der Waals surface area contributed by atoms with E-state index in [2.05, 4.69) is 16.0 Å². The fourth-order valence-corrected chi connectivity index (χ4v) is 16.9. The van der Waals surface area contributed by atoms with Gasteiger partial charge in [0.1, 0.15) is 59.9 Å². The number of aryl methyl sites for hydroxylation is 1. The van der Waals surface area contributed by atoms with Crippen molar-refractivity contribution in [3.8, 4) is 0 Å². The molecule has 7 aliphatic rings. The molecule has 0 aromatic heterocycles. The summed E-state index contributed by atoms with van der Waals surface area (Å²) < 4.78 is 47.7. The first-order chi connectivity index (χ1) is 51.0. The van der Waals surface area contributed by atoms with Crippen LogP contribution in [0.4, 0.5) is 13.2 Å². The van der Waals surface area contributed by atoms with E-state index in [9.17, 15) is 37.1 Å². The van der Waals surface area contributed by atoms with Gasteiger partial charge in [-0.05, 0) is 119 Å². The second kappa shape index (κ2) is 37.9. The number of ether oxygens (including phenoxy) is 1. The van der Waals surface area contributed by atoms with Crippen LogP contribution < -0.4 is 16.0 Å². The summed E-state index contributed by atoms with van der Waals surface area (Å²) >= 11 is 6.21. The minimum atomic E-state index is -4.80. The molecule has 8 rings (SSSR count). The van der Waals surface area contributed by atoms with Crippen molar-refractivity contribution in [3.05, 3.63) is 34.3 Å². The highest BCUT2D eigenvalue weighted by molar-refractivity contribution is 6.31. The summed E-state index contributed by atoms with van der Waals surface area (Å²) in [5, 5.41) is 8.11. The Balaban J connectivity index is 1.21. The van der Waals surface area contributed by atoms with Crippen molar-refractivity contribution in [3.63, 3.8) is 0 Å². The van der Waals surface area contributed by atoms with Crippen molar-refractivity contribution in [1.82, 2.24) is 64.9 Å². The molecule has 3 aliphatic carbocycles. The van der Waals surface area contributed by atoms with Crippen LogP contribution in [0.15, 0.2) is 18.2 Å². The minimum Gasteiger partial charge on any atom is -0.378 e. The largest absolute Gasteiger partial charge is 0.417 e. The number of halogens is 4. The average molecular weight is 1540 g/mol. The highest BCUT2D eigenvalue weighted by Crippen LogP contribution is 2.39. The summed E-state index contributed by atoms with van der Waals surface area (Å²) in [5.74, 6) is -9.82. The Morgan fingerprint density at radius 1 is 0.639 bits per heavy atom. The number of fused-ring (bicyclic) bond motifs is 1. The number of likely N-dealkylation sites (N-methyl/N-ethyl adjacent to an activating group) is 7. The first-order valence-electron chi connectivity index (χ1n) is 39.1. The number of benzene rings is 1. The van der Waals surface area contributed by atoms with Crippen LogP contribution in [0.25, 0.3) is 0 Å². The molecule has 0 bridgehead atoms. The maximum absolute atomic E-state index is 15.9. The standard InChI is InChI=1S/C77H117ClF3N13O14/c1-13-48(4)64-73(105)86(7)49(5)68(100)94-37-32-57(94)71(103)89(10)59(44-50-22-15-14-16-23-50)70(102)85(6)46-61(95)82-55(29-27-51-26-28-53(54(78)43-51)77(79,80)81)69(101)88(9)56(30-31-62(96)92-35-21-36-92)67(99)84-76(33-19-20-34-76)75(107)91(12)65(52-24-17-18-25-52)74(106)90(11)60(72(104)93-38-40-108-41-39-93)45-63(97)87(8)58(42-47(2)3)66(98)83-64/h26,28,43,47-50,52,55-60,64-65H,13-25,27,29-42,44-46H2,1-12H3,(H,82,95)(H,83,98)(H,84,99)/t48-,49-,55-,56-,57?,58-,59-,60-,64-,65-/m0/s1. The number of hydrogen-bond acceptors (Lipinski definition) is 14. The van der Waals surface area contributed by atoms with Crippen LogP contribution in [0.1, 0.15) is 187 Å². The maximum Gasteiger partial charge on any atom is 0.417 e. The second-order valence-electron chi connectivity index (χ2n) is 31.9. The number of hydrogen-bond donors (Lipinski definition) is 3. The highest BCUT2D eigenvalue weighted by Gasteiger charge is 2.52. The van der Waals surface area contributed by atoms with Crippen molar-refractivity contribution in [1.29, 1.82) is 0 Å². The van der Waals surface area contributed by atoms with E-state index in [0.717, 1.165) is 60.5 Å². The maximum atomic E-state index is 15.9. The van der Waals surface area contributed by atoms with Gasteiger partial charge < -0.3 is 69.7 Å². The Morgan fingerprint density at radius 2 is 1.27 bits per heavy atom. The predicted molar refractivity (Wildman–Crippen MR) is 395 cm³/mol. The molecule has 13 amide bonds. The van der Waals surface area contributed by atoms with Crippen LogP contribution in [-0.2, 0) is 79.7 Å². The number of alkyl halides is 3. The van der Waals surface area contributed by atoms with Crippen LogP contribution in [0.5, 0.6) is 0 Å². The van der Waals surface area contributed by atoms with Gasteiger partial charge in [-0.1, -0.05) is 110 Å². The van der Waals surface area contributed by atoms with Crippen molar-refractivity contribution in [2.45, 2.75) is 248 Å². The molecule has 31 heteroatoms. The van der Waals surface area contributed by atoms with E-state index in [1.807, 2.05) is 20.8 Å². The fourth-order valence-electron chi connectivity index (χ4n) is 16.6. The SMILES string of the molecule is CC[C@H](C)[C@@H]1NC(=O)[C@H](CC(C)C)N(C)C(=O)C[C@@H](C(=O)N2CCOCC2)N(C)C(=O)[C@H](C2CCCC2)N(C)C(=O)C2(CCCC2)NC(=O)[C@H](CCC(=O)N2CCC2)N(C)C(=O)[C@H](CCc2ccc(C(F)(F)F)c(Cl)c2)NC(=O)CN(C)C(=O)[C@H](CC2CCCCC2)N(C)C(=O)C2CCN2C(=O)[C@H](C)N(C)C1=O. The Morgan fingerprint density at radius 3 is 1.84 bits per heavy atom. The van der Waals surface area contributed by atoms with Crippen LogP contribution >= 0.6 is 11.6 Å². The van der Waals surface area contributed by atoms with Gasteiger partial charge in [-0.3, -0.25) is 62.3 Å². The van der Waals surface area contributed by atoms with Crippen LogP contribution in [0.3, 0.4) is 0 Å². The van der Waals surface area contributed by atoms with E-state index in [4.69, 9.17) is 16.3 Å². The summed E-state index contributed by atoms with van der Waals surface area (Å²) in [6, 6.07) is -8.64. The van der Waals surface area contributed by atoms with E-state index in [1.165, 1.54) is 96.6 Å². The average Bonchev–Trinajstić information content (AvgIpc) is 1.17. The number of likely N-dealkylation sites (tertiary alicyclic amines) is 1. The molecule has 3 N–H and O–H groups in total. The number of nitrogens with one attached hydrogen (secondary N) is 3. The van der Waals surface area contributed by atoms with Gasteiger partial charge >= 0.3 is 6.18 Å². The van der Waals surface area contributed by atoms with Gasteiger partial charge in [0.2, 0.25) is 76.8 Å². The Kier molecular flexibility index (Phi) is 30.1. The fraction of sp³-hybridized carbons (Fsp3) is 0.753. The number of carbonyl (C=O) groups excluding carboxylic acids is 13. The molecule has 4 saturated heterocycles. The quantitative estimate of drug-likeness (QED) is 0.214. The zero-order valence-corrected chi connectivity index (χ0v) is 66.1. The topological polar surface area (TPSA) is 300 Å². The Bertz CT molecular complexity index is 3430. The zero-order valence-electron chi connectivity index (χ0n) is 65.4. The zero-order chi connectivity index (χ0) is 79.4. The lowest BCUT2D eigenvalue weighted by Crippen LogP contribution is -2.65. The number of carbonyl (C=O) groups is 13. The van der Waals surface area contributed by atoms with Crippen LogP contribution in [-0.4, -0.2) is 288 Å². The first-order valence-corrected chi connectivity index (χ1v) is 39.5. The molecule has 0 radical (unpaired) electrons. The molecule has 1 aromatic rings. The number of amides is 13. The number of rotatable bonds is 14. The van der Waals surface area contributed by atoms with Crippen molar-refractivity contribution in [2.24, 2.45) is 23.7 Å². The third-order valence-corrected chi connectivity index (χ3v) is 24.5. The van der Waals surface area contributed by atoms with Crippen molar-refractivity contribution in [2.75, 3.05) is 102 Å². The summed E-state index contributed by atoms with van der Waals surface area (Å²) in [5.41, 5.74) is -2.57. The molecule has 4 aliphatic heterocycles. The van der Waals surface area contributed by atoms with E-state index in [1.54, 1.807) is 11.8 Å². The number of nitrogens with zero attached hydrogens (tertiary/aromatic N) is 10. The van der Waals surface area contributed by atoms with Gasteiger partial charge in [0.25, 0.3) is 0 Å². The van der Waals surface area contributed by atoms with Gasteiger partial charge in [-0.2, -0.15) is 13.2 Å². The molecule has 27 nitrogen and oxygen atoms in total. The Labute approximate surface area is 639 Å². The minimum absolute atomic E-state index is 0.0101. The third kappa shape index (κ3) is 20.5. The third-order valence-electron chi connectivity index (χ3n) is 24.2. The van der Waals surface area contributed by atoms with E-state index in [0.29, 0.717) is 58.0 Å². The first kappa shape index (κ1) is 86.0. The van der Waals surface area contributed by atoms with Crippen LogP contribution in [0.2, 0.25) is 5.02 Å². The van der Waals surface area contributed by atoms with E-state index in [-0.39, 0.29) is 114 Å². The van der Waals surface area contributed by atoms with Gasteiger partial charge in [0, 0.05) is 88.5 Å². The molecule has 4 heterocycles. The van der Waals surface area contributed by atoms with Gasteiger partial charge in [-0.15, -0.1) is 0 Å². The second-order valence-corrected chi connectivity index (χ2v) is 32.3. The molecule has 108 heavy (non-hydrogen) atoms. The summed E-state index contributed by atoms with van der Waals surface area (Å²) in [7, 11) is 9.86. The molecule has 3 saturated carbocycles. The summed E-state index contributed by atoms with van der Waals surface area (Å²) in [4.78, 5) is 210. The molecule has 1 aromatic carbocycles. The normalized spacial score (nSPS) is 27.6. The molecule has 10 atom stereocenters.